The highest BCUT2D eigenvalue weighted by atomic mass is 32.2. The number of aromatic nitrogens is 3. The second kappa shape index (κ2) is 9.73. The molecule has 0 fully saturated rings. The zero-order valence-electron chi connectivity index (χ0n) is 17.2. The summed E-state index contributed by atoms with van der Waals surface area (Å²) >= 11 is 1.66. The number of hydrogen-bond acceptors (Lipinski definition) is 5. The van der Waals surface area contributed by atoms with Gasteiger partial charge in [-0.15, -0.1) is 0 Å². The van der Waals surface area contributed by atoms with Crippen molar-refractivity contribution in [2.24, 2.45) is 0 Å². The van der Waals surface area contributed by atoms with Gasteiger partial charge in [0.2, 0.25) is 10.0 Å². The van der Waals surface area contributed by atoms with Crippen LogP contribution in [0.3, 0.4) is 0 Å². The van der Waals surface area contributed by atoms with Gasteiger partial charge in [-0.05, 0) is 36.2 Å². The minimum atomic E-state index is -3.50. The van der Waals surface area contributed by atoms with Gasteiger partial charge in [0.15, 0.2) is 5.16 Å². The quantitative estimate of drug-likeness (QED) is 0.440. The monoisotopic (exact) mass is 432 g/mol. The summed E-state index contributed by atoms with van der Waals surface area (Å²) in [7, 11) is -3.50. The molecule has 8 heteroatoms. The number of nitrogens with zero attached hydrogens (tertiary/aromatic N) is 4. The van der Waals surface area contributed by atoms with Gasteiger partial charge in [-0.1, -0.05) is 45.0 Å². The lowest BCUT2D eigenvalue weighted by atomic mass is 10.3. The van der Waals surface area contributed by atoms with Crippen LogP contribution in [0.4, 0.5) is 0 Å². The molecule has 0 saturated carbocycles. The van der Waals surface area contributed by atoms with E-state index in [1.54, 1.807) is 30.1 Å². The molecule has 0 unspecified atom stereocenters. The molecule has 2 aromatic heterocycles. The fraction of sp³-hybridized carbons (Fsp3) is 0.429. The minimum Gasteiger partial charge on any atom is -0.319 e. The first kappa shape index (κ1) is 21.8. The molecule has 0 saturated heterocycles. The van der Waals surface area contributed by atoms with Crippen molar-refractivity contribution in [3.63, 3.8) is 0 Å². The Hall–Kier alpha value is -1.90. The molecule has 0 atom stereocenters. The number of aryl methyl sites for hydroxylation is 1. The van der Waals surface area contributed by atoms with Gasteiger partial charge in [0.1, 0.15) is 0 Å². The van der Waals surface area contributed by atoms with Crippen molar-refractivity contribution >= 4 is 32.8 Å². The van der Waals surface area contributed by atoms with E-state index in [9.17, 15) is 8.42 Å². The van der Waals surface area contributed by atoms with E-state index in [0.29, 0.717) is 18.0 Å². The van der Waals surface area contributed by atoms with Crippen LogP contribution in [0, 0.1) is 0 Å². The van der Waals surface area contributed by atoms with Gasteiger partial charge in [-0.25, -0.2) is 13.4 Å². The predicted octanol–water partition coefficient (Wildman–Crippen LogP) is 4.55. The average molecular weight is 433 g/mol. The maximum Gasteiger partial charge on any atom is 0.243 e. The highest BCUT2D eigenvalue weighted by Crippen LogP contribution is 2.29. The summed E-state index contributed by atoms with van der Waals surface area (Å²) in [4.78, 5) is 9.26. The lowest BCUT2D eigenvalue weighted by Gasteiger charge is -2.18. The van der Waals surface area contributed by atoms with Crippen LogP contribution in [0.15, 0.2) is 52.8 Å². The fourth-order valence-corrected chi connectivity index (χ4v) is 5.69. The molecule has 0 spiro atoms. The van der Waals surface area contributed by atoms with Crippen LogP contribution in [0.2, 0.25) is 0 Å². The molecule has 0 aliphatic heterocycles. The third-order valence-electron chi connectivity index (χ3n) is 4.85. The van der Waals surface area contributed by atoms with Crippen LogP contribution >= 0.6 is 11.8 Å². The highest BCUT2D eigenvalue weighted by Gasteiger charge is 2.23. The third kappa shape index (κ3) is 4.82. The first-order valence-corrected chi connectivity index (χ1v) is 12.5. The van der Waals surface area contributed by atoms with E-state index in [1.807, 2.05) is 38.2 Å². The molecular weight excluding hydrogens is 404 g/mol. The van der Waals surface area contributed by atoms with Gasteiger partial charge in [-0.2, -0.15) is 4.31 Å². The van der Waals surface area contributed by atoms with Gasteiger partial charge in [0, 0.05) is 37.8 Å². The molecule has 6 nitrogen and oxygen atoms in total. The Morgan fingerprint density at radius 2 is 1.93 bits per heavy atom. The highest BCUT2D eigenvalue weighted by molar-refractivity contribution is 7.98. The van der Waals surface area contributed by atoms with Crippen molar-refractivity contribution in [2.75, 3.05) is 13.1 Å². The maximum absolute atomic E-state index is 12.9. The topological polar surface area (TPSA) is 68.1 Å². The Morgan fingerprint density at radius 3 is 2.59 bits per heavy atom. The molecule has 29 heavy (non-hydrogen) atoms. The number of hydrogen-bond donors (Lipinski definition) is 0. The van der Waals surface area contributed by atoms with Gasteiger partial charge in [-0.3, -0.25) is 4.98 Å². The van der Waals surface area contributed by atoms with E-state index >= 15 is 0 Å². The SMILES string of the molecule is CCCCn1c(SCc2cccnc2)nc2cc(S(=O)(=O)N(CC)CC)ccc21. The van der Waals surface area contributed by atoms with Gasteiger partial charge in [0.25, 0.3) is 0 Å². The number of fused-ring (bicyclic) bond motifs is 1. The minimum absolute atomic E-state index is 0.303. The summed E-state index contributed by atoms with van der Waals surface area (Å²) in [6, 6.07) is 9.28. The molecule has 0 radical (unpaired) electrons. The van der Waals surface area contributed by atoms with Gasteiger partial charge in [0.05, 0.1) is 15.9 Å². The number of benzene rings is 1. The molecule has 3 rings (SSSR count). The molecule has 0 aliphatic rings. The molecule has 156 valence electrons. The van der Waals surface area contributed by atoms with Crippen LogP contribution in [-0.2, 0) is 22.3 Å². The summed E-state index contributed by atoms with van der Waals surface area (Å²) in [6.45, 7) is 7.64. The Balaban J connectivity index is 1.97. The number of pyridine rings is 1. The standard InChI is InChI=1S/C21H28N4O2S2/c1-4-7-13-25-20-11-10-18(29(26,27)24(5-2)6-3)14-19(20)23-21(25)28-16-17-9-8-12-22-15-17/h8-12,14-15H,4-7,13,16H2,1-3H3. The summed E-state index contributed by atoms with van der Waals surface area (Å²) < 4.78 is 29.5. The molecule has 0 aliphatic carbocycles. The van der Waals surface area contributed by atoms with Crippen molar-refractivity contribution in [1.29, 1.82) is 0 Å². The Morgan fingerprint density at radius 1 is 1.14 bits per heavy atom. The van der Waals surface area contributed by atoms with Crippen LogP contribution in [0.25, 0.3) is 11.0 Å². The number of sulfonamides is 1. The van der Waals surface area contributed by atoms with E-state index in [1.165, 1.54) is 4.31 Å². The Labute approximate surface area is 177 Å². The van der Waals surface area contributed by atoms with E-state index < -0.39 is 10.0 Å². The summed E-state index contributed by atoms with van der Waals surface area (Å²) in [5, 5.41) is 0.912. The zero-order chi connectivity index (χ0) is 20.9. The molecule has 0 bridgehead atoms. The van der Waals surface area contributed by atoms with Gasteiger partial charge >= 0.3 is 0 Å². The molecule has 0 amide bonds. The van der Waals surface area contributed by atoms with E-state index in [0.717, 1.165) is 46.9 Å². The third-order valence-corrected chi connectivity index (χ3v) is 7.95. The van der Waals surface area contributed by atoms with E-state index in [2.05, 4.69) is 16.5 Å². The second-order valence-corrected chi connectivity index (χ2v) is 9.67. The predicted molar refractivity (Wildman–Crippen MR) is 119 cm³/mol. The number of imidazole rings is 1. The molecule has 1 aromatic carbocycles. The number of rotatable bonds is 10. The molecular formula is C21H28N4O2S2. The summed E-state index contributed by atoms with van der Waals surface area (Å²) in [5.41, 5.74) is 2.84. The lowest BCUT2D eigenvalue weighted by molar-refractivity contribution is 0.445. The number of thioether (sulfide) groups is 1. The normalized spacial score (nSPS) is 12.1. The van der Waals surface area contributed by atoms with Crippen LogP contribution in [0.1, 0.15) is 39.2 Å². The maximum atomic E-state index is 12.9. The van der Waals surface area contributed by atoms with Gasteiger partial charge < -0.3 is 4.57 Å². The first-order valence-electron chi connectivity index (χ1n) is 10.0. The lowest BCUT2D eigenvalue weighted by Crippen LogP contribution is -2.30. The van der Waals surface area contributed by atoms with E-state index in [4.69, 9.17) is 4.98 Å². The fourth-order valence-electron chi connectivity index (χ4n) is 3.23. The molecule has 3 aromatic rings. The van der Waals surface area contributed by atoms with Crippen LogP contribution < -0.4 is 0 Å². The zero-order valence-corrected chi connectivity index (χ0v) is 18.8. The largest absolute Gasteiger partial charge is 0.319 e. The van der Waals surface area contributed by atoms with Crippen LogP contribution in [0.5, 0.6) is 0 Å². The van der Waals surface area contributed by atoms with Crippen LogP contribution in [-0.4, -0.2) is 40.3 Å². The average Bonchev–Trinajstić information content (AvgIpc) is 3.08. The smallest absolute Gasteiger partial charge is 0.243 e. The van der Waals surface area contributed by atoms with Crippen molar-refractivity contribution in [3.05, 3.63) is 48.3 Å². The number of unbranched alkanes of at least 4 members (excludes halogenated alkanes) is 1. The first-order chi connectivity index (χ1) is 14.0. The Kier molecular flexibility index (Phi) is 7.32. The van der Waals surface area contributed by atoms with E-state index in [-0.39, 0.29) is 0 Å². The van der Waals surface area contributed by atoms with Crippen molar-refractivity contribution in [3.8, 4) is 0 Å². The Bertz CT molecular complexity index is 1050. The van der Waals surface area contributed by atoms with Crippen molar-refractivity contribution in [2.45, 2.75) is 56.0 Å². The second-order valence-electron chi connectivity index (χ2n) is 6.79. The molecule has 2 heterocycles. The van der Waals surface area contributed by atoms with Crippen molar-refractivity contribution in [1.82, 2.24) is 18.8 Å². The van der Waals surface area contributed by atoms with Crippen molar-refractivity contribution < 1.29 is 8.42 Å². The summed E-state index contributed by atoms with van der Waals surface area (Å²) in [6.07, 6.45) is 5.76. The summed E-state index contributed by atoms with van der Waals surface area (Å²) in [5.74, 6) is 0.772. The molecule has 0 N–H and O–H groups in total.